The lowest BCUT2D eigenvalue weighted by molar-refractivity contribution is -0.123. The zero-order valence-electron chi connectivity index (χ0n) is 10.3. The van der Waals surface area contributed by atoms with Gasteiger partial charge in [0.25, 0.3) is 0 Å². The van der Waals surface area contributed by atoms with Crippen molar-refractivity contribution in [2.45, 2.75) is 31.8 Å². The van der Waals surface area contributed by atoms with Gasteiger partial charge in [0.2, 0.25) is 5.91 Å². The molecule has 96 valence electrons. The van der Waals surface area contributed by atoms with Crippen LogP contribution in [0.15, 0.2) is 22.8 Å². The van der Waals surface area contributed by atoms with Gasteiger partial charge in [-0.05, 0) is 25.5 Å². The van der Waals surface area contributed by atoms with Gasteiger partial charge in [-0.1, -0.05) is 0 Å². The SMILES string of the molecule is COCCC(N)C(=O)NC(C)Cc1ccco1. The van der Waals surface area contributed by atoms with Gasteiger partial charge in [-0.2, -0.15) is 0 Å². The van der Waals surface area contributed by atoms with Crippen LogP contribution in [0.25, 0.3) is 0 Å². The summed E-state index contributed by atoms with van der Waals surface area (Å²) in [4.78, 5) is 11.7. The van der Waals surface area contributed by atoms with E-state index in [2.05, 4.69) is 5.32 Å². The number of furan rings is 1. The summed E-state index contributed by atoms with van der Waals surface area (Å²) in [6.45, 7) is 2.41. The first kappa shape index (κ1) is 13.7. The molecule has 1 aromatic rings. The van der Waals surface area contributed by atoms with Gasteiger partial charge in [-0.25, -0.2) is 0 Å². The first-order valence-electron chi connectivity index (χ1n) is 5.70. The molecule has 0 spiro atoms. The molecule has 2 unspecified atom stereocenters. The molecule has 5 nitrogen and oxygen atoms in total. The Hall–Kier alpha value is -1.33. The third-order valence-corrected chi connectivity index (χ3v) is 2.45. The summed E-state index contributed by atoms with van der Waals surface area (Å²) in [5.41, 5.74) is 5.71. The summed E-state index contributed by atoms with van der Waals surface area (Å²) >= 11 is 0. The molecule has 17 heavy (non-hydrogen) atoms. The highest BCUT2D eigenvalue weighted by Gasteiger charge is 2.16. The molecule has 0 saturated carbocycles. The molecule has 0 bridgehead atoms. The van der Waals surface area contributed by atoms with Crippen LogP contribution in [0.5, 0.6) is 0 Å². The zero-order chi connectivity index (χ0) is 12.7. The van der Waals surface area contributed by atoms with Crippen LogP contribution in [-0.2, 0) is 16.0 Å². The van der Waals surface area contributed by atoms with E-state index in [4.69, 9.17) is 14.9 Å². The molecule has 2 atom stereocenters. The normalized spacial score (nSPS) is 14.3. The number of ether oxygens (including phenoxy) is 1. The van der Waals surface area contributed by atoms with Gasteiger partial charge in [-0.15, -0.1) is 0 Å². The second-order valence-electron chi connectivity index (χ2n) is 4.08. The molecule has 0 aromatic carbocycles. The van der Waals surface area contributed by atoms with E-state index >= 15 is 0 Å². The largest absolute Gasteiger partial charge is 0.469 e. The van der Waals surface area contributed by atoms with E-state index in [1.165, 1.54) is 0 Å². The van der Waals surface area contributed by atoms with Crippen LogP contribution in [0.1, 0.15) is 19.1 Å². The number of carbonyl (C=O) groups excluding carboxylic acids is 1. The lowest BCUT2D eigenvalue weighted by Crippen LogP contribution is -2.45. The van der Waals surface area contributed by atoms with E-state index in [9.17, 15) is 4.79 Å². The molecular weight excluding hydrogens is 220 g/mol. The smallest absolute Gasteiger partial charge is 0.237 e. The van der Waals surface area contributed by atoms with Crippen molar-refractivity contribution < 1.29 is 13.9 Å². The predicted molar refractivity (Wildman–Crippen MR) is 64.5 cm³/mol. The van der Waals surface area contributed by atoms with E-state index in [1.54, 1.807) is 13.4 Å². The molecule has 1 aromatic heterocycles. The fourth-order valence-corrected chi connectivity index (χ4v) is 1.51. The second-order valence-corrected chi connectivity index (χ2v) is 4.08. The molecule has 3 N–H and O–H groups in total. The number of amides is 1. The maximum Gasteiger partial charge on any atom is 0.237 e. The van der Waals surface area contributed by atoms with Crippen LogP contribution in [0.2, 0.25) is 0 Å². The molecule has 0 aliphatic carbocycles. The molecule has 0 radical (unpaired) electrons. The summed E-state index contributed by atoms with van der Waals surface area (Å²) in [5.74, 6) is 0.698. The molecule has 1 amide bonds. The summed E-state index contributed by atoms with van der Waals surface area (Å²) in [7, 11) is 1.59. The van der Waals surface area contributed by atoms with Gasteiger partial charge < -0.3 is 20.2 Å². The van der Waals surface area contributed by atoms with Gasteiger partial charge >= 0.3 is 0 Å². The van der Waals surface area contributed by atoms with E-state index in [0.29, 0.717) is 19.4 Å². The first-order chi connectivity index (χ1) is 8.13. The molecule has 0 aliphatic rings. The minimum absolute atomic E-state index is 0.00208. The standard InChI is InChI=1S/C12H20N2O3/c1-9(8-10-4-3-6-17-10)14-12(15)11(13)5-7-16-2/h3-4,6,9,11H,5,7-8,13H2,1-2H3,(H,14,15). The molecule has 1 rings (SSSR count). The highest BCUT2D eigenvalue weighted by Crippen LogP contribution is 2.04. The number of nitrogens with one attached hydrogen (secondary N) is 1. The van der Waals surface area contributed by atoms with E-state index in [0.717, 1.165) is 5.76 Å². The Morgan fingerprint density at radius 1 is 1.65 bits per heavy atom. The Kier molecular flexibility index (Phi) is 5.72. The highest BCUT2D eigenvalue weighted by molar-refractivity contribution is 5.81. The Labute approximate surface area is 101 Å². The number of carbonyl (C=O) groups is 1. The number of rotatable bonds is 7. The van der Waals surface area contributed by atoms with Crippen molar-refractivity contribution in [2.75, 3.05) is 13.7 Å². The van der Waals surface area contributed by atoms with Crippen LogP contribution < -0.4 is 11.1 Å². The summed E-state index contributed by atoms with van der Waals surface area (Å²) < 4.78 is 10.1. The quantitative estimate of drug-likeness (QED) is 0.735. The fraction of sp³-hybridized carbons (Fsp3) is 0.583. The van der Waals surface area contributed by atoms with Crippen molar-refractivity contribution in [3.8, 4) is 0 Å². The Balaban J connectivity index is 2.30. The molecule has 0 aliphatic heterocycles. The maximum absolute atomic E-state index is 11.7. The van der Waals surface area contributed by atoms with Gasteiger partial charge in [0.1, 0.15) is 5.76 Å². The first-order valence-corrected chi connectivity index (χ1v) is 5.70. The van der Waals surface area contributed by atoms with Gasteiger partial charge in [0.15, 0.2) is 0 Å². The highest BCUT2D eigenvalue weighted by atomic mass is 16.5. The van der Waals surface area contributed by atoms with Gasteiger partial charge in [-0.3, -0.25) is 4.79 Å². The lowest BCUT2D eigenvalue weighted by atomic mass is 10.1. The average molecular weight is 240 g/mol. The minimum atomic E-state index is -0.519. The number of methoxy groups -OCH3 is 1. The van der Waals surface area contributed by atoms with Crippen molar-refractivity contribution in [3.05, 3.63) is 24.2 Å². The average Bonchev–Trinajstić information content (AvgIpc) is 2.78. The summed E-state index contributed by atoms with van der Waals surface area (Å²) in [6.07, 6.45) is 2.81. The Morgan fingerprint density at radius 2 is 2.41 bits per heavy atom. The van der Waals surface area contributed by atoms with Crippen molar-refractivity contribution in [1.82, 2.24) is 5.32 Å². The van der Waals surface area contributed by atoms with Crippen LogP contribution in [0, 0.1) is 0 Å². The van der Waals surface area contributed by atoms with E-state index in [1.807, 2.05) is 19.1 Å². The maximum atomic E-state index is 11.7. The number of hydrogen-bond donors (Lipinski definition) is 2. The van der Waals surface area contributed by atoms with Crippen molar-refractivity contribution in [2.24, 2.45) is 5.73 Å². The Bertz CT molecular complexity index is 325. The Morgan fingerprint density at radius 3 is 3.00 bits per heavy atom. The number of nitrogens with two attached hydrogens (primary N) is 1. The molecule has 0 saturated heterocycles. The number of hydrogen-bond acceptors (Lipinski definition) is 4. The van der Waals surface area contributed by atoms with Gasteiger partial charge in [0, 0.05) is 26.2 Å². The van der Waals surface area contributed by atoms with Gasteiger partial charge in [0.05, 0.1) is 12.3 Å². The van der Waals surface area contributed by atoms with Crippen molar-refractivity contribution in [3.63, 3.8) is 0 Å². The molecule has 0 fully saturated rings. The summed E-state index contributed by atoms with van der Waals surface area (Å²) in [5, 5.41) is 2.85. The molecule has 5 heteroatoms. The summed E-state index contributed by atoms with van der Waals surface area (Å²) in [6, 6.07) is 3.19. The topological polar surface area (TPSA) is 77.5 Å². The molecular formula is C12H20N2O3. The van der Waals surface area contributed by atoms with Crippen LogP contribution in [0.3, 0.4) is 0 Å². The third-order valence-electron chi connectivity index (χ3n) is 2.45. The van der Waals surface area contributed by atoms with Crippen molar-refractivity contribution >= 4 is 5.91 Å². The molecule has 1 heterocycles. The zero-order valence-corrected chi connectivity index (χ0v) is 10.3. The van der Waals surface area contributed by atoms with E-state index in [-0.39, 0.29) is 11.9 Å². The second kappa shape index (κ2) is 7.09. The predicted octanol–water partition coefficient (Wildman–Crippen LogP) is 0.691. The van der Waals surface area contributed by atoms with Crippen LogP contribution in [-0.4, -0.2) is 31.7 Å². The van der Waals surface area contributed by atoms with Crippen LogP contribution >= 0.6 is 0 Å². The van der Waals surface area contributed by atoms with Crippen LogP contribution in [0.4, 0.5) is 0 Å². The third kappa shape index (κ3) is 5.01. The monoisotopic (exact) mass is 240 g/mol. The van der Waals surface area contributed by atoms with Crippen molar-refractivity contribution in [1.29, 1.82) is 0 Å². The minimum Gasteiger partial charge on any atom is -0.469 e. The van der Waals surface area contributed by atoms with E-state index < -0.39 is 6.04 Å². The fourth-order valence-electron chi connectivity index (χ4n) is 1.51. The lowest BCUT2D eigenvalue weighted by Gasteiger charge is -2.16.